The largest absolute Gasteiger partial charge is 0.364 e. The summed E-state index contributed by atoms with van der Waals surface area (Å²) in [4.78, 5) is 12.1. The van der Waals surface area contributed by atoms with Crippen LogP contribution in [0.5, 0.6) is 0 Å². The number of aromatic nitrogens is 4. The summed E-state index contributed by atoms with van der Waals surface area (Å²) in [6.07, 6.45) is 3.25. The maximum absolute atomic E-state index is 5.97. The zero-order valence-electron chi connectivity index (χ0n) is 9.59. The first-order valence-electron chi connectivity index (χ1n) is 5.66. The first kappa shape index (κ1) is 10.5. The smallest absolute Gasteiger partial charge is 0.160 e. The SMILES string of the molecule is Clc1ccc2c(c1)ncc1[nH]c(-c3ccon3)nc12. The second kappa shape index (κ2) is 3.80. The van der Waals surface area contributed by atoms with Gasteiger partial charge in [-0.05, 0) is 18.2 Å². The van der Waals surface area contributed by atoms with Crippen LogP contribution in [0.4, 0.5) is 0 Å². The molecule has 0 bridgehead atoms. The molecule has 4 rings (SSSR count). The Labute approximate surface area is 112 Å². The number of hydrogen-bond acceptors (Lipinski definition) is 4. The molecule has 3 aromatic heterocycles. The van der Waals surface area contributed by atoms with E-state index in [0.717, 1.165) is 21.9 Å². The maximum atomic E-state index is 5.97. The summed E-state index contributed by atoms with van der Waals surface area (Å²) in [5.74, 6) is 0.660. The van der Waals surface area contributed by atoms with Crippen molar-refractivity contribution in [3.05, 3.63) is 41.7 Å². The number of imidazole rings is 1. The van der Waals surface area contributed by atoms with Crippen LogP contribution in [0.15, 0.2) is 41.2 Å². The first-order chi connectivity index (χ1) is 9.31. The molecule has 0 spiro atoms. The lowest BCUT2D eigenvalue weighted by molar-refractivity contribution is 0.422. The van der Waals surface area contributed by atoms with Crippen molar-refractivity contribution in [2.45, 2.75) is 0 Å². The number of H-pyrrole nitrogens is 1. The minimum Gasteiger partial charge on any atom is -0.364 e. The van der Waals surface area contributed by atoms with E-state index >= 15 is 0 Å². The molecule has 0 amide bonds. The molecule has 0 atom stereocenters. The molecule has 19 heavy (non-hydrogen) atoms. The van der Waals surface area contributed by atoms with Gasteiger partial charge in [0.1, 0.15) is 17.5 Å². The maximum Gasteiger partial charge on any atom is 0.160 e. The van der Waals surface area contributed by atoms with Crippen LogP contribution >= 0.6 is 11.6 Å². The number of aromatic amines is 1. The Morgan fingerprint density at radius 3 is 3.00 bits per heavy atom. The molecule has 6 heteroatoms. The average molecular weight is 271 g/mol. The predicted octanol–water partition coefficient (Wildman–Crippen LogP) is 3.42. The summed E-state index contributed by atoms with van der Waals surface area (Å²) in [7, 11) is 0. The van der Waals surface area contributed by atoms with Gasteiger partial charge in [-0.1, -0.05) is 16.8 Å². The fourth-order valence-electron chi connectivity index (χ4n) is 2.09. The molecule has 0 unspecified atom stereocenters. The molecule has 1 N–H and O–H groups in total. The summed E-state index contributed by atoms with van der Waals surface area (Å²) in [5, 5.41) is 5.48. The summed E-state index contributed by atoms with van der Waals surface area (Å²) in [5.41, 5.74) is 3.18. The van der Waals surface area contributed by atoms with E-state index in [-0.39, 0.29) is 0 Å². The minimum atomic E-state index is 0.659. The van der Waals surface area contributed by atoms with Gasteiger partial charge in [0.25, 0.3) is 0 Å². The Kier molecular flexibility index (Phi) is 2.10. The van der Waals surface area contributed by atoms with Crippen molar-refractivity contribution in [1.82, 2.24) is 20.1 Å². The van der Waals surface area contributed by atoms with Crippen LogP contribution < -0.4 is 0 Å². The molecule has 0 saturated heterocycles. The van der Waals surface area contributed by atoms with Gasteiger partial charge < -0.3 is 9.51 Å². The number of nitrogens with zero attached hydrogens (tertiary/aromatic N) is 3. The van der Waals surface area contributed by atoms with Gasteiger partial charge in [-0.2, -0.15) is 0 Å². The molecule has 0 aliphatic carbocycles. The number of fused-ring (bicyclic) bond motifs is 3. The highest BCUT2D eigenvalue weighted by atomic mass is 35.5. The minimum absolute atomic E-state index is 0.659. The van der Waals surface area contributed by atoms with Crippen molar-refractivity contribution in [3.8, 4) is 11.5 Å². The molecular weight excluding hydrogens is 264 g/mol. The zero-order valence-corrected chi connectivity index (χ0v) is 10.3. The van der Waals surface area contributed by atoms with Crippen LogP contribution in [0.2, 0.25) is 5.02 Å². The number of halogens is 1. The second-order valence-corrected chi connectivity index (χ2v) is 4.59. The van der Waals surface area contributed by atoms with Gasteiger partial charge in [-0.25, -0.2) is 4.98 Å². The van der Waals surface area contributed by atoms with E-state index in [0.29, 0.717) is 16.5 Å². The molecule has 0 fully saturated rings. The molecule has 0 radical (unpaired) electrons. The second-order valence-electron chi connectivity index (χ2n) is 4.15. The van der Waals surface area contributed by atoms with Crippen molar-refractivity contribution in [1.29, 1.82) is 0 Å². The van der Waals surface area contributed by atoms with Crippen LogP contribution in [0.3, 0.4) is 0 Å². The van der Waals surface area contributed by atoms with Gasteiger partial charge in [-0.15, -0.1) is 0 Å². The molecule has 5 nitrogen and oxygen atoms in total. The normalized spacial score (nSPS) is 11.4. The summed E-state index contributed by atoms with van der Waals surface area (Å²) in [6, 6.07) is 7.32. The third kappa shape index (κ3) is 1.59. The van der Waals surface area contributed by atoms with Gasteiger partial charge in [-0.3, -0.25) is 4.98 Å². The fraction of sp³-hybridized carbons (Fsp3) is 0. The Hall–Kier alpha value is -2.40. The number of rotatable bonds is 1. The highest BCUT2D eigenvalue weighted by Gasteiger charge is 2.11. The van der Waals surface area contributed by atoms with Gasteiger partial charge in [0.15, 0.2) is 5.82 Å². The quantitative estimate of drug-likeness (QED) is 0.575. The highest BCUT2D eigenvalue weighted by Crippen LogP contribution is 2.26. The third-order valence-corrected chi connectivity index (χ3v) is 3.19. The Bertz CT molecular complexity index is 882. The van der Waals surface area contributed by atoms with Crippen LogP contribution in [0.1, 0.15) is 0 Å². The lowest BCUT2D eigenvalue weighted by Crippen LogP contribution is -1.80. The van der Waals surface area contributed by atoms with Crippen molar-refractivity contribution in [2.75, 3.05) is 0 Å². The fourth-order valence-corrected chi connectivity index (χ4v) is 2.25. The van der Waals surface area contributed by atoms with Crippen LogP contribution in [0.25, 0.3) is 33.5 Å². The number of benzene rings is 1. The van der Waals surface area contributed by atoms with Gasteiger partial charge >= 0.3 is 0 Å². The third-order valence-electron chi connectivity index (χ3n) is 2.96. The van der Waals surface area contributed by atoms with Crippen molar-refractivity contribution in [2.24, 2.45) is 0 Å². The number of nitrogens with one attached hydrogen (secondary N) is 1. The number of pyridine rings is 1. The lowest BCUT2D eigenvalue weighted by atomic mass is 10.2. The van der Waals surface area contributed by atoms with Crippen molar-refractivity contribution < 1.29 is 4.52 Å². The van der Waals surface area contributed by atoms with E-state index in [9.17, 15) is 0 Å². The summed E-state index contributed by atoms with van der Waals surface area (Å²) < 4.78 is 4.83. The molecule has 3 heterocycles. The van der Waals surface area contributed by atoms with E-state index < -0.39 is 0 Å². The Balaban J connectivity index is 2.05. The number of hydrogen-bond donors (Lipinski definition) is 1. The van der Waals surface area contributed by atoms with Gasteiger partial charge in [0.05, 0.1) is 17.2 Å². The Morgan fingerprint density at radius 2 is 2.16 bits per heavy atom. The molecule has 92 valence electrons. The van der Waals surface area contributed by atoms with Gasteiger partial charge in [0, 0.05) is 16.5 Å². The summed E-state index contributed by atoms with van der Waals surface area (Å²) in [6.45, 7) is 0. The molecular formula is C13H7ClN4O. The van der Waals surface area contributed by atoms with E-state index in [2.05, 4.69) is 20.1 Å². The topological polar surface area (TPSA) is 67.6 Å². The van der Waals surface area contributed by atoms with Crippen LogP contribution in [0, 0.1) is 0 Å². The first-order valence-corrected chi connectivity index (χ1v) is 6.04. The average Bonchev–Trinajstić information content (AvgIpc) is 3.06. The molecule has 0 aliphatic heterocycles. The van der Waals surface area contributed by atoms with Crippen LogP contribution in [-0.2, 0) is 0 Å². The van der Waals surface area contributed by atoms with Crippen molar-refractivity contribution in [3.63, 3.8) is 0 Å². The van der Waals surface area contributed by atoms with Crippen molar-refractivity contribution >= 4 is 33.5 Å². The predicted molar refractivity (Wildman–Crippen MR) is 71.9 cm³/mol. The van der Waals surface area contributed by atoms with E-state index in [1.165, 1.54) is 6.26 Å². The molecule has 0 aliphatic rings. The van der Waals surface area contributed by atoms with Crippen LogP contribution in [-0.4, -0.2) is 20.1 Å². The molecule has 1 aromatic carbocycles. The zero-order chi connectivity index (χ0) is 12.8. The molecule has 0 saturated carbocycles. The van der Waals surface area contributed by atoms with E-state index in [1.807, 2.05) is 18.2 Å². The van der Waals surface area contributed by atoms with E-state index in [1.54, 1.807) is 12.3 Å². The van der Waals surface area contributed by atoms with E-state index in [4.69, 9.17) is 16.1 Å². The Morgan fingerprint density at radius 1 is 1.21 bits per heavy atom. The monoisotopic (exact) mass is 270 g/mol. The lowest BCUT2D eigenvalue weighted by Gasteiger charge is -1.97. The highest BCUT2D eigenvalue weighted by molar-refractivity contribution is 6.31. The van der Waals surface area contributed by atoms with Gasteiger partial charge in [0.2, 0.25) is 0 Å². The summed E-state index contributed by atoms with van der Waals surface area (Å²) >= 11 is 5.97. The molecule has 4 aromatic rings. The standard InChI is InChI=1S/C13H7ClN4O/c14-7-1-2-8-10(5-7)15-6-11-12(8)17-13(16-11)9-3-4-19-18-9/h1-6H,(H,16,17).